The van der Waals surface area contributed by atoms with Crippen LogP contribution in [0.25, 0.3) is 0 Å². The largest absolute Gasteiger partial charge is 0.496 e. The Kier molecular flexibility index (Phi) is 4.47. The molecule has 1 aromatic carbocycles. The van der Waals surface area contributed by atoms with Crippen molar-refractivity contribution < 1.29 is 13.2 Å². The molecule has 1 fully saturated rings. The lowest BCUT2D eigenvalue weighted by Crippen LogP contribution is -2.29. The standard InChI is InChI=1S/C14H21NO3S/c1-3-15-14(11-8-9-19(16,17)10-11)12-6-4-5-7-13(12)18-2/h4-7,11,14-15H,3,8-10H2,1-2H3. The monoisotopic (exact) mass is 283 g/mol. The molecule has 0 spiro atoms. The molecule has 0 radical (unpaired) electrons. The molecule has 1 N–H and O–H groups in total. The molecule has 4 nitrogen and oxygen atoms in total. The Bertz CT molecular complexity index is 527. The summed E-state index contributed by atoms with van der Waals surface area (Å²) in [6.07, 6.45) is 0.720. The summed E-state index contributed by atoms with van der Waals surface area (Å²) < 4.78 is 28.7. The second-order valence-corrected chi connectivity index (χ2v) is 7.17. The van der Waals surface area contributed by atoms with Crippen LogP contribution in [0.3, 0.4) is 0 Å². The Morgan fingerprint density at radius 3 is 2.74 bits per heavy atom. The van der Waals surface area contributed by atoms with Crippen molar-refractivity contribution in [1.82, 2.24) is 5.32 Å². The highest BCUT2D eigenvalue weighted by molar-refractivity contribution is 7.91. The first kappa shape index (κ1) is 14.3. The van der Waals surface area contributed by atoms with Crippen LogP contribution in [0, 0.1) is 5.92 Å². The lowest BCUT2D eigenvalue weighted by Gasteiger charge is -2.25. The van der Waals surface area contributed by atoms with E-state index in [1.807, 2.05) is 31.2 Å². The fraction of sp³-hybridized carbons (Fsp3) is 0.571. The number of rotatable bonds is 5. The van der Waals surface area contributed by atoms with Gasteiger partial charge in [0.2, 0.25) is 0 Å². The van der Waals surface area contributed by atoms with Gasteiger partial charge in [-0.25, -0.2) is 8.42 Å². The van der Waals surface area contributed by atoms with Gasteiger partial charge in [0.05, 0.1) is 18.6 Å². The number of benzene rings is 1. The molecule has 1 heterocycles. The van der Waals surface area contributed by atoms with Crippen LogP contribution in [0.2, 0.25) is 0 Å². The minimum Gasteiger partial charge on any atom is -0.496 e. The van der Waals surface area contributed by atoms with E-state index in [-0.39, 0.29) is 17.7 Å². The predicted octanol–water partition coefficient (Wildman–Crippen LogP) is 1.78. The topological polar surface area (TPSA) is 55.4 Å². The maximum atomic E-state index is 11.7. The van der Waals surface area contributed by atoms with E-state index in [9.17, 15) is 8.42 Å². The van der Waals surface area contributed by atoms with Crippen LogP contribution >= 0.6 is 0 Å². The van der Waals surface area contributed by atoms with Crippen LogP contribution in [0.4, 0.5) is 0 Å². The van der Waals surface area contributed by atoms with Crippen molar-refractivity contribution in [3.8, 4) is 5.75 Å². The van der Waals surface area contributed by atoms with E-state index in [1.54, 1.807) is 7.11 Å². The molecule has 2 rings (SSSR count). The first-order valence-electron chi connectivity index (χ1n) is 6.64. The van der Waals surface area contributed by atoms with Gasteiger partial charge < -0.3 is 10.1 Å². The molecule has 0 bridgehead atoms. The normalized spacial score (nSPS) is 23.2. The average molecular weight is 283 g/mol. The summed E-state index contributed by atoms with van der Waals surface area (Å²) in [4.78, 5) is 0. The molecule has 5 heteroatoms. The summed E-state index contributed by atoms with van der Waals surface area (Å²) in [5.41, 5.74) is 1.05. The van der Waals surface area contributed by atoms with Gasteiger partial charge in [-0.2, -0.15) is 0 Å². The molecule has 1 aliphatic rings. The van der Waals surface area contributed by atoms with Crippen molar-refractivity contribution in [2.24, 2.45) is 5.92 Å². The Labute approximate surface area is 115 Å². The number of sulfone groups is 1. The number of hydrogen-bond acceptors (Lipinski definition) is 4. The second kappa shape index (κ2) is 5.92. The average Bonchev–Trinajstić information content (AvgIpc) is 2.76. The Balaban J connectivity index is 2.30. The molecule has 0 amide bonds. The third-order valence-electron chi connectivity index (χ3n) is 3.64. The third kappa shape index (κ3) is 3.28. The maximum absolute atomic E-state index is 11.7. The fourth-order valence-electron chi connectivity index (χ4n) is 2.76. The SMILES string of the molecule is CCNC(c1ccccc1OC)C1CCS(=O)(=O)C1. The van der Waals surface area contributed by atoms with Crippen molar-refractivity contribution in [2.45, 2.75) is 19.4 Å². The Morgan fingerprint density at radius 2 is 2.16 bits per heavy atom. The second-order valence-electron chi connectivity index (χ2n) is 4.94. The number of hydrogen-bond donors (Lipinski definition) is 1. The van der Waals surface area contributed by atoms with Crippen molar-refractivity contribution in [3.05, 3.63) is 29.8 Å². The fourth-order valence-corrected chi connectivity index (χ4v) is 4.60. The zero-order valence-electron chi connectivity index (χ0n) is 11.4. The van der Waals surface area contributed by atoms with Crippen molar-refractivity contribution in [1.29, 1.82) is 0 Å². The molecule has 1 saturated heterocycles. The van der Waals surface area contributed by atoms with E-state index < -0.39 is 9.84 Å². The van der Waals surface area contributed by atoms with E-state index in [0.29, 0.717) is 5.75 Å². The first-order chi connectivity index (χ1) is 9.07. The van der Waals surface area contributed by atoms with Gasteiger partial charge in [-0.05, 0) is 24.9 Å². The summed E-state index contributed by atoms with van der Waals surface area (Å²) in [6, 6.07) is 7.86. The molecular weight excluding hydrogens is 262 g/mol. The van der Waals surface area contributed by atoms with Crippen molar-refractivity contribution in [2.75, 3.05) is 25.2 Å². The lowest BCUT2D eigenvalue weighted by molar-refractivity contribution is 0.364. The van der Waals surface area contributed by atoms with Gasteiger partial charge in [0, 0.05) is 11.6 Å². The zero-order chi connectivity index (χ0) is 13.9. The molecule has 2 unspecified atom stereocenters. The highest BCUT2D eigenvalue weighted by Crippen LogP contribution is 2.35. The summed E-state index contributed by atoms with van der Waals surface area (Å²) in [7, 11) is -1.22. The first-order valence-corrected chi connectivity index (χ1v) is 8.46. The Hall–Kier alpha value is -1.07. The quantitative estimate of drug-likeness (QED) is 0.895. The van der Waals surface area contributed by atoms with Gasteiger partial charge >= 0.3 is 0 Å². The van der Waals surface area contributed by atoms with E-state index in [0.717, 1.165) is 24.3 Å². The zero-order valence-corrected chi connectivity index (χ0v) is 12.2. The third-order valence-corrected chi connectivity index (χ3v) is 5.43. The van der Waals surface area contributed by atoms with E-state index in [2.05, 4.69) is 5.32 Å². The molecule has 106 valence electrons. The molecule has 1 aromatic rings. The smallest absolute Gasteiger partial charge is 0.150 e. The van der Waals surface area contributed by atoms with Gasteiger partial charge in [-0.15, -0.1) is 0 Å². The van der Waals surface area contributed by atoms with Gasteiger partial charge in [0.25, 0.3) is 0 Å². The summed E-state index contributed by atoms with van der Waals surface area (Å²) in [6.45, 7) is 2.84. The predicted molar refractivity (Wildman–Crippen MR) is 76.2 cm³/mol. The van der Waals surface area contributed by atoms with Gasteiger partial charge in [0.1, 0.15) is 5.75 Å². The lowest BCUT2D eigenvalue weighted by atomic mass is 9.92. The van der Waals surface area contributed by atoms with Crippen molar-refractivity contribution in [3.63, 3.8) is 0 Å². The maximum Gasteiger partial charge on any atom is 0.150 e. The van der Waals surface area contributed by atoms with Gasteiger partial charge in [-0.3, -0.25) is 0 Å². The molecule has 2 atom stereocenters. The summed E-state index contributed by atoms with van der Waals surface area (Å²) in [5, 5.41) is 3.41. The van der Waals surface area contributed by atoms with Crippen LogP contribution in [-0.2, 0) is 9.84 Å². The van der Waals surface area contributed by atoms with E-state index in [4.69, 9.17) is 4.74 Å². The highest BCUT2D eigenvalue weighted by atomic mass is 32.2. The minimum atomic E-state index is -2.87. The van der Waals surface area contributed by atoms with Crippen LogP contribution in [0.5, 0.6) is 5.75 Å². The number of para-hydroxylation sites is 1. The number of methoxy groups -OCH3 is 1. The summed E-state index contributed by atoms with van der Waals surface area (Å²) >= 11 is 0. The van der Waals surface area contributed by atoms with E-state index in [1.165, 1.54) is 0 Å². The van der Waals surface area contributed by atoms with E-state index >= 15 is 0 Å². The van der Waals surface area contributed by atoms with Crippen molar-refractivity contribution >= 4 is 9.84 Å². The molecule has 0 aromatic heterocycles. The molecule has 0 saturated carbocycles. The highest BCUT2D eigenvalue weighted by Gasteiger charge is 2.35. The minimum absolute atomic E-state index is 0.0402. The Morgan fingerprint density at radius 1 is 1.42 bits per heavy atom. The van der Waals surface area contributed by atoms with Crippen LogP contribution in [-0.4, -0.2) is 33.6 Å². The van der Waals surface area contributed by atoms with Gasteiger partial charge in [0.15, 0.2) is 9.84 Å². The summed E-state index contributed by atoms with van der Waals surface area (Å²) in [5.74, 6) is 1.51. The van der Waals surface area contributed by atoms with Crippen LogP contribution < -0.4 is 10.1 Å². The molecule has 19 heavy (non-hydrogen) atoms. The number of nitrogens with one attached hydrogen (secondary N) is 1. The number of ether oxygens (including phenoxy) is 1. The van der Waals surface area contributed by atoms with Crippen LogP contribution in [0.1, 0.15) is 24.9 Å². The molecule has 1 aliphatic heterocycles. The van der Waals surface area contributed by atoms with Gasteiger partial charge in [-0.1, -0.05) is 25.1 Å². The van der Waals surface area contributed by atoms with Crippen LogP contribution in [0.15, 0.2) is 24.3 Å². The molecule has 0 aliphatic carbocycles. The molecular formula is C14H21NO3S.